The summed E-state index contributed by atoms with van der Waals surface area (Å²) in [5, 5.41) is 9.28. The van der Waals surface area contributed by atoms with E-state index in [0.717, 1.165) is 43.5 Å². The van der Waals surface area contributed by atoms with E-state index in [1.54, 1.807) is 0 Å². The Morgan fingerprint density at radius 3 is 1.88 bits per heavy atom. The minimum atomic E-state index is 0.487. The van der Waals surface area contributed by atoms with Gasteiger partial charge in [-0.3, -0.25) is 0 Å². The summed E-state index contributed by atoms with van der Waals surface area (Å²) in [6.45, 7) is 3.87. The van der Waals surface area contributed by atoms with Crippen LogP contribution in [0.3, 0.4) is 0 Å². The molecule has 0 saturated heterocycles. The first kappa shape index (κ1) is 16.5. The number of nitrogens with zero attached hydrogens (tertiary/aromatic N) is 3. The minimum Gasteiger partial charge on any atom is -0.245 e. The maximum Gasteiger partial charge on any atom is 0.243 e. The summed E-state index contributed by atoms with van der Waals surface area (Å²) in [4.78, 5) is 8.69. The molecule has 128 valence electrons. The Bertz CT molecular complexity index is 1070. The molecular formula is C21H17ClN4. The number of aromatic nitrogens is 2. The normalized spacial score (nSPS) is 11.5. The summed E-state index contributed by atoms with van der Waals surface area (Å²) in [5.41, 5.74) is 5.75. The van der Waals surface area contributed by atoms with E-state index in [-0.39, 0.29) is 0 Å². The molecule has 4 rings (SSSR count). The lowest BCUT2D eigenvalue weighted by atomic mass is 9.97. The first-order valence-corrected chi connectivity index (χ1v) is 8.71. The van der Waals surface area contributed by atoms with Gasteiger partial charge in [0.15, 0.2) is 0 Å². The smallest absolute Gasteiger partial charge is 0.243 e. The lowest BCUT2D eigenvalue weighted by molar-refractivity contribution is 1.04. The third-order valence-electron chi connectivity index (χ3n) is 4.25. The molecular weight excluding hydrogens is 344 g/mol. The fraction of sp³-hybridized carbons (Fsp3) is 0.0952. The minimum absolute atomic E-state index is 0.487. The molecule has 1 aromatic heterocycles. The molecule has 1 N–H and O–H groups in total. The SMILES string of the molecule is Cc1cc(C)nc(NN=Cc2c3ccccc3c(Cl)c3ccccc23)n1. The van der Waals surface area contributed by atoms with Gasteiger partial charge < -0.3 is 0 Å². The van der Waals surface area contributed by atoms with Gasteiger partial charge in [-0.05, 0) is 30.7 Å². The monoisotopic (exact) mass is 360 g/mol. The third kappa shape index (κ3) is 3.00. The Balaban J connectivity index is 1.83. The van der Waals surface area contributed by atoms with Crippen LogP contribution in [0.25, 0.3) is 21.5 Å². The van der Waals surface area contributed by atoms with Crippen LogP contribution in [0.1, 0.15) is 17.0 Å². The molecule has 5 heteroatoms. The third-order valence-corrected chi connectivity index (χ3v) is 4.66. The quantitative estimate of drug-likeness (QED) is 0.298. The maximum absolute atomic E-state index is 6.63. The molecule has 0 atom stereocenters. The summed E-state index contributed by atoms with van der Waals surface area (Å²) >= 11 is 6.63. The van der Waals surface area contributed by atoms with Gasteiger partial charge in [-0.25, -0.2) is 15.4 Å². The van der Waals surface area contributed by atoms with Crippen LogP contribution in [0.2, 0.25) is 5.02 Å². The van der Waals surface area contributed by atoms with Crippen molar-refractivity contribution in [2.75, 3.05) is 5.43 Å². The van der Waals surface area contributed by atoms with Gasteiger partial charge >= 0.3 is 0 Å². The molecule has 26 heavy (non-hydrogen) atoms. The van der Waals surface area contributed by atoms with E-state index in [2.05, 4.69) is 32.6 Å². The second-order valence-electron chi connectivity index (χ2n) is 6.16. The predicted molar refractivity (Wildman–Crippen MR) is 109 cm³/mol. The summed E-state index contributed by atoms with van der Waals surface area (Å²) in [7, 11) is 0. The Hall–Kier alpha value is -2.98. The molecule has 0 spiro atoms. The van der Waals surface area contributed by atoms with Gasteiger partial charge in [-0.1, -0.05) is 60.1 Å². The molecule has 4 aromatic rings. The number of benzene rings is 3. The molecule has 0 unspecified atom stereocenters. The first-order valence-electron chi connectivity index (χ1n) is 8.34. The Morgan fingerprint density at radius 1 is 0.846 bits per heavy atom. The van der Waals surface area contributed by atoms with Crippen molar-refractivity contribution in [1.82, 2.24) is 9.97 Å². The number of halogens is 1. The number of hydrogen-bond acceptors (Lipinski definition) is 4. The number of hydrazone groups is 1. The van der Waals surface area contributed by atoms with Gasteiger partial charge in [0.25, 0.3) is 0 Å². The van der Waals surface area contributed by atoms with Crippen LogP contribution in [0.4, 0.5) is 5.95 Å². The fourth-order valence-electron chi connectivity index (χ4n) is 3.18. The van der Waals surface area contributed by atoms with Crippen LogP contribution < -0.4 is 5.43 Å². The number of fused-ring (bicyclic) bond motifs is 2. The molecule has 0 bridgehead atoms. The zero-order valence-corrected chi connectivity index (χ0v) is 15.2. The van der Waals surface area contributed by atoms with Crippen LogP contribution >= 0.6 is 11.6 Å². The van der Waals surface area contributed by atoms with E-state index in [1.165, 1.54) is 0 Å². The molecule has 0 radical (unpaired) electrons. The lowest BCUT2D eigenvalue weighted by Crippen LogP contribution is -2.00. The highest BCUT2D eigenvalue weighted by molar-refractivity contribution is 6.42. The molecule has 0 aliphatic heterocycles. The van der Waals surface area contributed by atoms with E-state index in [9.17, 15) is 0 Å². The van der Waals surface area contributed by atoms with Gasteiger partial charge in [-0.2, -0.15) is 5.10 Å². The summed E-state index contributed by atoms with van der Waals surface area (Å²) in [5.74, 6) is 0.487. The van der Waals surface area contributed by atoms with Gasteiger partial charge in [0, 0.05) is 27.7 Å². The molecule has 3 aromatic carbocycles. The maximum atomic E-state index is 6.63. The van der Waals surface area contributed by atoms with Crippen LogP contribution in [0.15, 0.2) is 59.7 Å². The highest BCUT2D eigenvalue weighted by atomic mass is 35.5. The first-order chi connectivity index (χ1) is 12.6. The second kappa shape index (κ2) is 6.73. The highest BCUT2D eigenvalue weighted by Crippen LogP contribution is 2.35. The van der Waals surface area contributed by atoms with Crippen molar-refractivity contribution in [1.29, 1.82) is 0 Å². The second-order valence-corrected chi connectivity index (χ2v) is 6.54. The Morgan fingerprint density at radius 2 is 1.35 bits per heavy atom. The summed E-state index contributed by atoms with van der Waals surface area (Å²) in [6, 6.07) is 18.1. The molecule has 0 aliphatic rings. The molecule has 0 aliphatic carbocycles. The summed E-state index contributed by atoms with van der Waals surface area (Å²) < 4.78 is 0. The zero-order valence-electron chi connectivity index (χ0n) is 14.5. The van der Waals surface area contributed by atoms with Crippen molar-refractivity contribution in [3.63, 3.8) is 0 Å². The highest BCUT2D eigenvalue weighted by Gasteiger charge is 2.10. The van der Waals surface area contributed by atoms with Crippen molar-refractivity contribution in [3.05, 3.63) is 76.6 Å². The number of nitrogens with one attached hydrogen (secondary N) is 1. The number of hydrogen-bond donors (Lipinski definition) is 1. The lowest BCUT2D eigenvalue weighted by Gasteiger charge is -2.10. The van der Waals surface area contributed by atoms with E-state index >= 15 is 0 Å². The largest absolute Gasteiger partial charge is 0.245 e. The van der Waals surface area contributed by atoms with E-state index in [0.29, 0.717) is 5.95 Å². The number of rotatable bonds is 3. The molecule has 1 heterocycles. The van der Waals surface area contributed by atoms with Crippen LogP contribution in [-0.4, -0.2) is 16.2 Å². The van der Waals surface area contributed by atoms with E-state index < -0.39 is 0 Å². The van der Waals surface area contributed by atoms with Crippen LogP contribution in [-0.2, 0) is 0 Å². The van der Waals surface area contributed by atoms with Crippen LogP contribution in [0, 0.1) is 13.8 Å². The van der Waals surface area contributed by atoms with E-state index in [4.69, 9.17) is 11.6 Å². The van der Waals surface area contributed by atoms with Crippen molar-refractivity contribution in [3.8, 4) is 0 Å². The summed E-state index contributed by atoms with van der Waals surface area (Å²) in [6.07, 6.45) is 1.81. The average molecular weight is 361 g/mol. The Kier molecular flexibility index (Phi) is 4.27. The average Bonchev–Trinajstić information content (AvgIpc) is 2.64. The molecule has 0 fully saturated rings. The van der Waals surface area contributed by atoms with Gasteiger partial charge in [-0.15, -0.1) is 0 Å². The molecule has 0 amide bonds. The van der Waals surface area contributed by atoms with Crippen LogP contribution in [0.5, 0.6) is 0 Å². The topological polar surface area (TPSA) is 50.2 Å². The van der Waals surface area contributed by atoms with Gasteiger partial charge in [0.05, 0.1) is 11.2 Å². The number of anilines is 1. The molecule has 0 saturated carbocycles. The predicted octanol–water partition coefficient (Wildman–Crippen LogP) is 5.50. The zero-order chi connectivity index (χ0) is 18.1. The van der Waals surface area contributed by atoms with Gasteiger partial charge in [0.2, 0.25) is 5.95 Å². The van der Waals surface area contributed by atoms with Crippen molar-refractivity contribution in [2.24, 2.45) is 5.10 Å². The van der Waals surface area contributed by atoms with Crippen molar-refractivity contribution < 1.29 is 0 Å². The number of aryl methyl sites for hydroxylation is 2. The van der Waals surface area contributed by atoms with E-state index in [1.807, 2.05) is 62.5 Å². The standard InChI is InChI=1S/C21H17ClN4/c1-13-11-14(2)25-21(24-13)26-23-12-19-15-7-3-5-9-17(15)20(22)18-10-6-4-8-16(18)19/h3-12H,1-2H3,(H,24,25,26). The van der Waals surface area contributed by atoms with Crippen molar-refractivity contribution >= 4 is 45.3 Å². The van der Waals surface area contributed by atoms with Crippen molar-refractivity contribution in [2.45, 2.75) is 13.8 Å². The Labute approximate surface area is 156 Å². The van der Waals surface area contributed by atoms with Gasteiger partial charge in [0.1, 0.15) is 0 Å². The fourth-order valence-corrected chi connectivity index (χ4v) is 3.51. The molecule has 4 nitrogen and oxygen atoms in total.